The molecule has 0 radical (unpaired) electrons. The Morgan fingerprint density at radius 2 is 2.00 bits per heavy atom. The van der Waals surface area contributed by atoms with Crippen molar-refractivity contribution >= 4 is 0 Å². The molecule has 1 fully saturated rings. The fraction of sp³-hybridized carbons (Fsp3) is 0.625. The molecule has 0 saturated carbocycles. The van der Waals surface area contributed by atoms with E-state index in [4.69, 9.17) is 9.47 Å². The van der Waals surface area contributed by atoms with Crippen LogP contribution in [0.4, 0.5) is 0 Å². The van der Waals surface area contributed by atoms with Gasteiger partial charge in [0, 0.05) is 6.04 Å². The lowest BCUT2D eigenvalue weighted by molar-refractivity contribution is 0.395. The first-order valence-corrected chi connectivity index (χ1v) is 7.19. The van der Waals surface area contributed by atoms with Gasteiger partial charge in [-0.1, -0.05) is 0 Å². The average Bonchev–Trinajstić information content (AvgIpc) is 2.93. The predicted octanol–water partition coefficient (Wildman–Crippen LogP) is 3.09. The van der Waals surface area contributed by atoms with Crippen molar-refractivity contribution in [2.75, 3.05) is 20.8 Å². The molecule has 106 valence electrons. The van der Waals surface area contributed by atoms with Crippen molar-refractivity contribution in [2.24, 2.45) is 0 Å². The normalized spacial score (nSPS) is 18.6. The van der Waals surface area contributed by atoms with E-state index in [0.717, 1.165) is 29.5 Å². The highest BCUT2D eigenvalue weighted by Gasteiger charge is 2.14. The Morgan fingerprint density at radius 3 is 2.63 bits per heavy atom. The number of aryl methyl sites for hydroxylation is 2. The molecule has 0 bridgehead atoms. The topological polar surface area (TPSA) is 30.5 Å². The Hall–Kier alpha value is -1.22. The second-order valence-corrected chi connectivity index (χ2v) is 5.32. The zero-order valence-corrected chi connectivity index (χ0v) is 12.3. The Balaban J connectivity index is 1.97. The van der Waals surface area contributed by atoms with Crippen LogP contribution < -0.4 is 14.8 Å². The van der Waals surface area contributed by atoms with Gasteiger partial charge in [0.2, 0.25) is 0 Å². The van der Waals surface area contributed by atoms with Crippen LogP contribution in [0.5, 0.6) is 11.5 Å². The van der Waals surface area contributed by atoms with Gasteiger partial charge in [-0.3, -0.25) is 0 Å². The SMILES string of the molecule is COc1cc(CCCC2CCCN2)c(OC)cc1C. The van der Waals surface area contributed by atoms with Crippen LogP contribution in [0.2, 0.25) is 0 Å². The molecule has 1 aromatic rings. The molecule has 1 aliphatic rings. The number of methoxy groups -OCH3 is 2. The number of benzene rings is 1. The number of hydrogen-bond donors (Lipinski definition) is 1. The van der Waals surface area contributed by atoms with Crippen LogP contribution >= 0.6 is 0 Å². The van der Waals surface area contributed by atoms with Crippen LogP contribution in [-0.4, -0.2) is 26.8 Å². The van der Waals surface area contributed by atoms with E-state index in [1.807, 2.05) is 6.92 Å². The van der Waals surface area contributed by atoms with E-state index < -0.39 is 0 Å². The minimum absolute atomic E-state index is 0.721. The lowest BCUT2D eigenvalue weighted by atomic mass is 10.0. The van der Waals surface area contributed by atoms with Crippen molar-refractivity contribution in [1.29, 1.82) is 0 Å². The van der Waals surface area contributed by atoms with Gasteiger partial charge >= 0.3 is 0 Å². The largest absolute Gasteiger partial charge is 0.496 e. The van der Waals surface area contributed by atoms with Crippen LogP contribution in [0, 0.1) is 6.92 Å². The van der Waals surface area contributed by atoms with Crippen LogP contribution in [-0.2, 0) is 6.42 Å². The predicted molar refractivity (Wildman–Crippen MR) is 78.2 cm³/mol. The molecule has 1 atom stereocenters. The quantitative estimate of drug-likeness (QED) is 0.855. The zero-order chi connectivity index (χ0) is 13.7. The molecule has 1 saturated heterocycles. The summed E-state index contributed by atoms with van der Waals surface area (Å²) in [5.41, 5.74) is 2.38. The van der Waals surface area contributed by atoms with Gasteiger partial charge < -0.3 is 14.8 Å². The second kappa shape index (κ2) is 6.80. The Kier molecular flexibility index (Phi) is 5.08. The summed E-state index contributed by atoms with van der Waals surface area (Å²) in [5, 5.41) is 3.55. The number of rotatable bonds is 6. The zero-order valence-electron chi connectivity index (χ0n) is 12.3. The third-order valence-corrected chi connectivity index (χ3v) is 3.96. The third kappa shape index (κ3) is 3.63. The molecule has 2 rings (SSSR count). The van der Waals surface area contributed by atoms with Crippen molar-refractivity contribution in [3.8, 4) is 11.5 Å². The number of ether oxygens (including phenoxy) is 2. The summed E-state index contributed by atoms with van der Waals surface area (Å²) in [4.78, 5) is 0. The van der Waals surface area contributed by atoms with E-state index in [2.05, 4.69) is 17.4 Å². The van der Waals surface area contributed by atoms with Crippen molar-refractivity contribution < 1.29 is 9.47 Å². The van der Waals surface area contributed by atoms with Gasteiger partial charge in [-0.25, -0.2) is 0 Å². The summed E-state index contributed by atoms with van der Waals surface area (Å²) in [6.45, 7) is 3.24. The van der Waals surface area contributed by atoms with Gasteiger partial charge in [0.25, 0.3) is 0 Å². The van der Waals surface area contributed by atoms with Crippen molar-refractivity contribution in [1.82, 2.24) is 5.32 Å². The standard InChI is InChI=1S/C16H25NO2/c1-12-10-16(19-3)13(11-15(12)18-2)6-4-7-14-8-5-9-17-14/h10-11,14,17H,4-9H2,1-3H3. The average molecular weight is 263 g/mol. The lowest BCUT2D eigenvalue weighted by Crippen LogP contribution is -2.21. The Morgan fingerprint density at radius 1 is 1.21 bits per heavy atom. The van der Waals surface area contributed by atoms with Crippen molar-refractivity contribution in [3.05, 3.63) is 23.3 Å². The molecule has 19 heavy (non-hydrogen) atoms. The Labute approximate surface area is 116 Å². The van der Waals surface area contributed by atoms with E-state index in [1.54, 1.807) is 14.2 Å². The summed E-state index contributed by atoms with van der Waals surface area (Å²) in [5.74, 6) is 1.94. The summed E-state index contributed by atoms with van der Waals surface area (Å²) in [6.07, 6.45) is 6.15. The maximum Gasteiger partial charge on any atom is 0.122 e. The molecule has 1 heterocycles. The Bertz CT molecular complexity index is 411. The minimum atomic E-state index is 0.721. The molecule has 0 aliphatic carbocycles. The molecule has 0 spiro atoms. The van der Waals surface area contributed by atoms with Gasteiger partial charge in [0.15, 0.2) is 0 Å². The highest BCUT2D eigenvalue weighted by atomic mass is 16.5. The highest BCUT2D eigenvalue weighted by molar-refractivity contribution is 5.45. The van der Waals surface area contributed by atoms with Crippen LogP contribution in [0.3, 0.4) is 0 Å². The van der Waals surface area contributed by atoms with Crippen molar-refractivity contribution in [2.45, 2.75) is 45.1 Å². The van der Waals surface area contributed by atoms with Gasteiger partial charge in [-0.05, 0) is 68.8 Å². The molecule has 3 heteroatoms. The smallest absolute Gasteiger partial charge is 0.122 e. The lowest BCUT2D eigenvalue weighted by Gasteiger charge is -2.14. The van der Waals surface area contributed by atoms with E-state index >= 15 is 0 Å². The van der Waals surface area contributed by atoms with Gasteiger partial charge in [-0.2, -0.15) is 0 Å². The van der Waals surface area contributed by atoms with Gasteiger partial charge in [-0.15, -0.1) is 0 Å². The monoisotopic (exact) mass is 263 g/mol. The maximum atomic E-state index is 5.48. The van der Waals surface area contributed by atoms with Gasteiger partial charge in [0.05, 0.1) is 14.2 Å². The highest BCUT2D eigenvalue weighted by Crippen LogP contribution is 2.29. The molecule has 1 aromatic carbocycles. The van der Waals surface area contributed by atoms with E-state index in [1.165, 1.54) is 37.8 Å². The fourth-order valence-corrected chi connectivity index (χ4v) is 2.85. The van der Waals surface area contributed by atoms with E-state index in [9.17, 15) is 0 Å². The first-order chi connectivity index (χ1) is 9.24. The first kappa shape index (κ1) is 14.2. The number of nitrogens with one attached hydrogen (secondary N) is 1. The number of hydrogen-bond acceptors (Lipinski definition) is 3. The minimum Gasteiger partial charge on any atom is -0.496 e. The summed E-state index contributed by atoms with van der Waals surface area (Å²) < 4.78 is 10.9. The van der Waals surface area contributed by atoms with E-state index in [0.29, 0.717) is 0 Å². The summed E-state index contributed by atoms with van der Waals surface area (Å²) >= 11 is 0. The molecule has 0 aromatic heterocycles. The fourth-order valence-electron chi connectivity index (χ4n) is 2.85. The molecule has 1 unspecified atom stereocenters. The third-order valence-electron chi connectivity index (χ3n) is 3.96. The van der Waals surface area contributed by atoms with Crippen LogP contribution in [0.1, 0.15) is 36.8 Å². The molecule has 0 amide bonds. The molecule has 1 aliphatic heterocycles. The summed E-state index contributed by atoms with van der Waals surface area (Å²) in [7, 11) is 3.46. The maximum absolute atomic E-state index is 5.48. The molecule has 1 N–H and O–H groups in total. The van der Waals surface area contributed by atoms with E-state index in [-0.39, 0.29) is 0 Å². The second-order valence-electron chi connectivity index (χ2n) is 5.32. The molecular weight excluding hydrogens is 238 g/mol. The first-order valence-electron chi connectivity index (χ1n) is 7.19. The molecular formula is C16H25NO2. The van der Waals surface area contributed by atoms with Crippen LogP contribution in [0.15, 0.2) is 12.1 Å². The summed E-state index contributed by atoms with van der Waals surface area (Å²) in [6, 6.07) is 4.91. The van der Waals surface area contributed by atoms with Crippen LogP contribution in [0.25, 0.3) is 0 Å². The molecule has 3 nitrogen and oxygen atoms in total. The van der Waals surface area contributed by atoms with Gasteiger partial charge in [0.1, 0.15) is 11.5 Å². The van der Waals surface area contributed by atoms with Crippen molar-refractivity contribution in [3.63, 3.8) is 0 Å².